The first-order valence-electron chi connectivity index (χ1n) is 6.35. The van der Waals surface area contributed by atoms with Crippen LogP contribution in [0.1, 0.15) is 17.5 Å². The molecule has 1 amide bonds. The predicted molar refractivity (Wildman–Crippen MR) is 84.6 cm³/mol. The Morgan fingerprint density at radius 3 is 2.40 bits per heavy atom. The van der Waals surface area contributed by atoms with Gasteiger partial charge in [-0.2, -0.15) is 0 Å². The van der Waals surface area contributed by atoms with Crippen molar-refractivity contribution in [3.8, 4) is 0 Å². The van der Waals surface area contributed by atoms with Gasteiger partial charge in [0.15, 0.2) is 0 Å². The molecule has 0 aliphatic heterocycles. The fourth-order valence-corrected chi connectivity index (χ4v) is 2.13. The molecule has 2 nitrogen and oxygen atoms in total. The van der Waals surface area contributed by atoms with Gasteiger partial charge in [-0.15, -0.1) is 0 Å². The van der Waals surface area contributed by atoms with Gasteiger partial charge < -0.3 is 5.32 Å². The third kappa shape index (κ3) is 4.26. The van der Waals surface area contributed by atoms with Gasteiger partial charge in [-0.3, -0.25) is 4.79 Å². The van der Waals surface area contributed by atoms with Crippen molar-refractivity contribution in [2.45, 2.75) is 19.8 Å². The molecule has 0 fully saturated rings. The molecule has 4 heteroatoms. The Bertz CT molecular complexity index is 608. The topological polar surface area (TPSA) is 29.1 Å². The number of carbonyl (C=O) groups excluding carboxylic acids is 1. The summed E-state index contributed by atoms with van der Waals surface area (Å²) >= 11 is 11.8. The van der Waals surface area contributed by atoms with E-state index in [9.17, 15) is 4.79 Å². The molecule has 2 aromatic rings. The number of benzene rings is 2. The van der Waals surface area contributed by atoms with Gasteiger partial charge in [0.25, 0.3) is 0 Å². The Morgan fingerprint density at radius 1 is 1.05 bits per heavy atom. The zero-order chi connectivity index (χ0) is 14.5. The highest BCUT2D eigenvalue weighted by Gasteiger charge is 2.05. The lowest BCUT2D eigenvalue weighted by atomic mass is 10.1. The van der Waals surface area contributed by atoms with Crippen LogP contribution in [0.4, 0.5) is 5.69 Å². The smallest absolute Gasteiger partial charge is 0.224 e. The second kappa shape index (κ2) is 6.78. The van der Waals surface area contributed by atoms with Crippen LogP contribution in [-0.2, 0) is 11.2 Å². The summed E-state index contributed by atoms with van der Waals surface area (Å²) in [5.74, 6) is -0.0140. The van der Waals surface area contributed by atoms with Crippen LogP contribution < -0.4 is 5.32 Å². The van der Waals surface area contributed by atoms with E-state index in [1.165, 1.54) is 5.56 Å². The fourth-order valence-electron chi connectivity index (χ4n) is 1.81. The van der Waals surface area contributed by atoms with Gasteiger partial charge in [0.1, 0.15) is 0 Å². The Balaban J connectivity index is 1.88. The number of hydrogen-bond acceptors (Lipinski definition) is 1. The van der Waals surface area contributed by atoms with E-state index < -0.39 is 0 Å². The number of amides is 1. The highest BCUT2D eigenvalue weighted by atomic mass is 35.5. The zero-order valence-electron chi connectivity index (χ0n) is 11.1. The summed E-state index contributed by atoms with van der Waals surface area (Å²) in [5.41, 5.74) is 2.98. The molecule has 1 N–H and O–H groups in total. The monoisotopic (exact) mass is 307 g/mol. The third-order valence-electron chi connectivity index (χ3n) is 2.96. The molecule has 0 aliphatic rings. The molecule has 0 bridgehead atoms. The van der Waals surface area contributed by atoms with Gasteiger partial charge in [-0.25, -0.2) is 0 Å². The number of halogens is 2. The van der Waals surface area contributed by atoms with E-state index in [2.05, 4.69) is 5.32 Å². The lowest BCUT2D eigenvalue weighted by Crippen LogP contribution is -2.12. The van der Waals surface area contributed by atoms with Gasteiger partial charge in [0.05, 0.1) is 10.0 Å². The van der Waals surface area contributed by atoms with E-state index in [0.29, 0.717) is 22.9 Å². The molecular weight excluding hydrogens is 293 g/mol. The second-order valence-electron chi connectivity index (χ2n) is 4.66. The van der Waals surface area contributed by atoms with Crippen LogP contribution in [0, 0.1) is 6.92 Å². The minimum atomic E-state index is -0.0140. The highest BCUT2D eigenvalue weighted by Crippen LogP contribution is 2.23. The second-order valence-corrected chi connectivity index (χ2v) is 5.48. The van der Waals surface area contributed by atoms with Crippen molar-refractivity contribution >= 4 is 34.8 Å². The average Bonchev–Trinajstić information content (AvgIpc) is 2.43. The number of aryl methyl sites for hydroxylation is 2. The SMILES string of the molecule is Cc1ccc(NC(=O)CCc2ccc(Cl)c(Cl)c2)cc1. The van der Waals surface area contributed by atoms with Gasteiger partial charge in [0, 0.05) is 12.1 Å². The van der Waals surface area contributed by atoms with E-state index in [4.69, 9.17) is 23.2 Å². The minimum absolute atomic E-state index is 0.0140. The van der Waals surface area contributed by atoms with E-state index in [1.807, 2.05) is 37.3 Å². The molecule has 0 radical (unpaired) electrons. The maximum absolute atomic E-state index is 11.9. The number of nitrogens with one attached hydrogen (secondary N) is 1. The molecule has 20 heavy (non-hydrogen) atoms. The molecule has 2 aromatic carbocycles. The van der Waals surface area contributed by atoms with Crippen molar-refractivity contribution in [3.05, 3.63) is 63.6 Å². The number of carbonyl (C=O) groups is 1. The molecule has 0 heterocycles. The van der Waals surface area contributed by atoms with E-state index in [1.54, 1.807) is 12.1 Å². The van der Waals surface area contributed by atoms with Gasteiger partial charge >= 0.3 is 0 Å². The molecular formula is C16H15Cl2NO. The number of rotatable bonds is 4. The van der Waals surface area contributed by atoms with Crippen molar-refractivity contribution in [2.24, 2.45) is 0 Å². The summed E-state index contributed by atoms with van der Waals surface area (Å²) in [6.07, 6.45) is 1.04. The predicted octanol–water partition coefficient (Wildman–Crippen LogP) is 4.87. The molecule has 0 spiro atoms. The molecule has 2 rings (SSSR count). The lowest BCUT2D eigenvalue weighted by molar-refractivity contribution is -0.116. The Hall–Kier alpha value is -1.51. The summed E-state index contributed by atoms with van der Waals surface area (Å²) in [6, 6.07) is 13.1. The molecule has 0 saturated heterocycles. The molecule has 0 unspecified atom stereocenters. The van der Waals surface area contributed by atoms with Crippen LogP contribution in [0.2, 0.25) is 10.0 Å². The van der Waals surface area contributed by atoms with Crippen molar-refractivity contribution in [1.82, 2.24) is 0 Å². The summed E-state index contributed by atoms with van der Waals surface area (Å²) in [7, 11) is 0. The van der Waals surface area contributed by atoms with Crippen LogP contribution in [0.25, 0.3) is 0 Å². The van der Waals surface area contributed by atoms with Crippen LogP contribution in [-0.4, -0.2) is 5.91 Å². The number of anilines is 1. The first-order valence-corrected chi connectivity index (χ1v) is 7.10. The van der Waals surface area contributed by atoms with Crippen LogP contribution in [0.3, 0.4) is 0 Å². The normalized spacial score (nSPS) is 10.3. The minimum Gasteiger partial charge on any atom is -0.326 e. The van der Waals surface area contributed by atoms with Gasteiger partial charge in [0.2, 0.25) is 5.91 Å². The standard InChI is InChI=1S/C16H15Cl2NO/c1-11-2-6-13(7-3-11)19-16(20)9-5-12-4-8-14(17)15(18)10-12/h2-4,6-8,10H,5,9H2,1H3,(H,19,20). The quantitative estimate of drug-likeness (QED) is 0.857. The van der Waals surface area contributed by atoms with Gasteiger partial charge in [-0.05, 0) is 43.2 Å². The summed E-state index contributed by atoms with van der Waals surface area (Å²) in [6.45, 7) is 2.01. The first kappa shape index (κ1) is 14.9. The molecule has 0 saturated carbocycles. The summed E-state index contributed by atoms with van der Waals surface area (Å²) in [5, 5.41) is 3.91. The van der Waals surface area contributed by atoms with Crippen LogP contribution in [0.5, 0.6) is 0 Å². The van der Waals surface area contributed by atoms with Crippen molar-refractivity contribution in [1.29, 1.82) is 0 Å². The third-order valence-corrected chi connectivity index (χ3v) is 3.70. The Labute approximate surface area is 128 Å². The Morgan fingerprint density at radius 2 is 1.75 bits per heavy atom. The average molecular weight is 308 g/mol. The van der Waals surface area contributed by atoms with E-state index in [-0.39, 0.29) is 5.91 Å². The van der Waals surface area contributed by atoms with Crippen molar-refractivity contribution in [3.63, 3.8) is 0 Å². The highest BCUT2D eigenvalue weighted by molar-refractivity contribution is 6.42. The largest absolute Gasteiger partial charge is 0.326 e. The maximum atomic E-state index is 11.9. The van der Waals surface area contributed by atoms with Crippen molar-refractivity contribution in [2.75, 3.05) is 5.32 Å². The summed E-state index contributed by atoms with van der Waals surface area (Å²) < 4.78 is 0. The maximum Gasteiger partial charge on any atom is 0.224 e. The fraction of sp³-hybridized carbons (Fsp3) is 0.188. The lowest BCUT2D eigenvalue weighted by Gasteiger charge is -2.06. The molecule has 0 aliphatic carbocycles. The molecule has 0 aromatic heterocycles. The van der Waals surface area contributed by atoms with Crippen LogP contribution in [0.15, 0.2) is 42.5 Å². The summed E-state index contributed by atoms with van der Waals surface area (Å²) in [4.78, 5) is 11.9. The first-order chi connectivity index (χ1) is 9.54. The van der Waals surface area contributed by atoms with Crippen LogP contribution >= 0.6 is 23.2 Å². The van der Waals surface area contributed by atoms with Gasteiger partial charge in [-0.1, -0.05) is 47.0 Å². The number of hydrogen-bond donors (Lipinski definition) is 1. The Kier molecular flexibility index (Phi) is 5.05. The van der Waals surface area contributed by atoms with Crippen molar-refractivity contribution < 1.29 is 4.79 Å². The molecule has 0 atom stereocenters. The van der Waals surface area contributed by atoms with E-state index >= 15 is 0 Å². The van der Waals surface area contributed by atoms with E-state index in [0.717, 1.165) is 11.3 Å². The molecule has 104 valence electrons. The zero-order valence-corrected chi connectivity index (χ0v) is 12.6.